The molecule has 0 radical (unpaired) electrons. The zero-order valence-electron chi connectivity index (χ0n) is 8.09. The molecule has 2 nitrogen and oxygen atoms in total. The van der Waals surface area contributed by atoms with Gasteiger partial charge in [-0.1, -0.05) is 15.9 Å². The van der Waals surface area contributed by atoms with Crippen LogP contribution in [0.5, 0.6) is 0 Å². The Balaban J connectivity index is 2.28. The Labute approximate surface area is 92.0 Å². The fourth-order valence-corrected chi connectivity index (χ4v) is 2.29. The van der Waals surface area contributed by atoms with Crippen LogP contribution in [0.15, 0.2) is 22.7 Å². The molecule has 1 aromatic carbocycles. The summed E-state index contributed by atoms with van der Waals surface area (Å²) < 4.78 is 1.09. The zero-order valence-corrected chi connectivity index (χ0v) is 9.67. The standard InChI is InChI=1S/C11H12BrNO/c1-8-6-9(12)2-3-11(8)13-5-4-10(14)7-13/h2-3,6H,4-5,7H2,1H3. The number of halogens is 1. The van der Waals surface area contributed by atoms with Crippen molar-refractivity contribution >= 4 is 27.4 Å². The molecule has 0 saturated carbocycles. The number of hydrogen-bond donors (Lipinski definition) is 0. The predicted octanol–water partition coefficient (Wildman–Crippen LogP) is 2.54. The molecule has 0 atom stereocenters. The lowest BCUT2D eigenvalue weighted by Crippen LogP contribution is -2.20. The van der Waals surface area contributed by atoms with E-state index in [2.05, 4.69) is 39.9 Å². The van der Waals surface area contributed by atoms with Gasteiger partial charge >= 0.3 is 0 Å². The van der Waals surface area contributed by atoms with Gasteiger partial charge < -0.3 is 4.90 Å². The minimum absolute atomic E-state index is 0.340. The Morgan fingerprint density at radius 3 is 2.79 bits per heavy atom. The highest BCUT2D eigenvalue weighted by molar-refractivity contribution is 9.10. The molecule has 1 aliphatic heterocycles. The van der Waals surface area contributed by atoms with Crippen molar-refractivity contribution in [3.63, 3.8) is 0 Å². The summed E-state index contributed by atoms with van der Waals surface area (Å²) in [7, 11) is 0. The van der Waals surface area contributed by atoms with Crippen LogP contribution in [-0.2, 0) is 4.79 Å². The molecule has 1 aromatic rings. The van der Waals surface area contributed by atoms with Crippen molar-refractivity contribution in [3.8, 4) is 0 Å². The quantitative estimate of drug-likeness (QED) is 0.767. The van der Waals surface area contributed by atoms with E-state index in [0.29, 0.717) is 18.7 Å². The van der Waals surface area contributed by atoms with Crippen LogP contribution in [-0.4, -0.2) is 18.9 Å². The molecule has 3 heteroatoms. The third-order valence-corrected chi connectivity index (χ3v) is 3.02. The second-order valence-corrected chi connectivity index (χ2v) is 4.56. The van der Waals surface area contributed by atoms with Gasteiger partial charge in [-0.3, -0.25) is 4.79 Å². The first-order chi connectivity index (χ1) is 6.66. The van der Waals surface area contributed by atoms with Crippen molar-refractivity contribution in [2.24, 2.45) is 0 Å². The van der Waals surface area contributed by atoms with Crippen LogP contribution >= 0.6 is 15.9 Å². The second-order valence-electron chi connectivity index (χ2n) is 3.64. The molecule has 1 heterocycles. The predicted molar refractivity (Wildman–Crippen MR) is 60.7 cm³/mol. The van der Waals surface area contributed by atoms with Gasteiger partial charge in [-0.25, -0.2) is 0 Å². The fraction of sp³-hybridized carbons (Fsp3) is 0.364. The minimum Gasteiger partial charge on any atom is -0.364 e. The monoisotopic (exact) mass is 253 g/mol. The number of hydrogen-bond acceptors (Lipinski definition) is 2. The Bertz CT molecular complexity index is 376. The van der Waals surface area contributed by atoms with Gasteiger partial charge in [0.15, 0.2) is 5.78 Å². The molecule has 0 spiro atoms. The van der Waals surface area contributed by atoms with Crippen LogP contribution in [0.25, 0.3) is 0 Å². The Morgan fingerprint density at radius 2 is 2.21 bits per heavy atom. The number of nitrogens with zero attached hydrogens (tertiary/aromatic N) is 1. The number of benzene rings is 1. The van der Waals surface area contributed by atoms with Crippen molar-refractivity contribution in [2.75, 3.05) is 18.0 Å². The molecule has 1 aliphatic rings. The lowest BCUT2D eigenvalue weighted by molar-refractivity contribution is -0.116. The van der Waals surface area contributed by atoms with E-state index in [1.165, 1.54) is 11.3 Å². The Morgan fingerprint density at radius 1 is 1.43 bits per heavy atom. The van der Waals surface area contributed by atoms with Crippen LogP contribution < -0.4 is 4.90 Å². The summed E-state index contributed by atoms with van der Waals surface area (Å²) >= 11 is 3.43. The molecule has 0 amide bonds. The maximum Gasteiger partial charge on any atom is 0.153 e. The van der Waals surface area contributed by atoms with Gasteiger partial charge in [0.2, 0.25) is 0 Å². The van der Waals surface area contributed by atoms with Crippen LogP contribution in [0.3, 0.4) is 0 Å². The second kappa shape index (κ2) is 3.73. The average molecular weight is 254 g/mol. The number of Topliss-reactive ketones (excluding diaryl/α,β-unsaturated/α-hetero) is 1. The fourth-order valence-electron chi connectivity index (χ4n) is 1.81. The van der Waals surface area contributed by atoms with Crippen molar-refractivity contribution in [2.45, 2.75) is 13.3 Å². The van der Waals surface area contributed by atoms with E-state index < -0.39 is 0 Å². The van der Waals surface area contributed by atoms with E-state index in [1.807, 2.05) is 6.07 Å². The molecule has 0 aliphatic carbocycles. The minimum atomic E-state index is 0.340. The molecule has 0 N–H and O–H groups in total. The van der Waals surface area contributed by atoms with E-state index in [9.17, 15) is 4.79 Å². The highest BCUT2D eigenvalue weighted by Gasteiger charge is 2.20. The van der Waals surface area contributed by atoms with Gasteiger partial charge in [-0.05, 0) is 30.7 Å². The number of carbonyl (C=O) groups is 1. The first-order valence-electron chi connectivity index (χ1n) is 4.69. The maximum absolute atomic E-state index is 11.2. The van der Waals surface area contributed by atoms with Crippen LogP contribution in [0.4, 0.5) is 5.69 Å². The number of carbonyl (C=O) groups excluding carboxylic acids is 1. The zero-order chi connectivity index (χ0) is 10.1. The van der Waals surface area contributed by atoms with Gasteiger partial charge in [0, 0.05) is 23.1 Å². The lowest BCUT2D eigenvalue weighted by Gasteiger charge is -2.19. The molecule has 1 saturated heterocycles. The van der Waals surface area contributed by atoms with Crippen LogP contribution in [0.2, 0.25) is 0 Å². The average Bonchev–Trinajstić information content (AvgIpc) is 2.51. The van der Waals surface area contributed by atoms with E-state index in [0.717, 1.165) is 11.0 Å². The molecule has 14 heavy (non-hydrogen) atoms. The number of ketones is 1. The number of anilines is 1. The van der Waals surface area contributed by atoms with Gasteiger partial charge in [-0.2, -0.15) is 0 Å². The summed E-state index contributed by atoms with van der Waals surface area (Å²) in [4.78, 5) is 13.3. The summed E-state index contributed by atoms with van der Waals surface area (Å²) in [5.74, 6) is 0.340. The normalized spacial score (nSPS) is 16.4. The molecule has 0 unspecified atom stereocenters. The van der Waals surface area contributed by atoms with Crippen molar-refractivity contribution in [1.82, 2.24) is 0 Å². The first kappa shape index (κ1) is 9.71. The molecular weight excluding hydrogens is 242 g/mol. The molecule has 0 aromatic heterocycles. The van der Waals surface area contributed by atoms with Crippen LogP contribution in [0, 0.1) is 6.92 Å². The maximum atomic E-state index is 11.2. The van der Waals surface area contributed by atoms with E-state index >= 15 is 0 Å². The lowest BCUT2D eigenvalue weighted by atomic mass is 10.2. The topological polar surface area (TPSA) is 20.3 Å². The smallest absolute Gasteiger partial charge is 0.153 e. The number of rotatable bonds is 1. The molecule has 0 bridgehead atoms. The largest absolute Gasteiger partial charge is 0.364 e. The molecule has 1 fully saturated rings. The van der Waals surface area contributed by atoms with Gasteiger partial charge in [0.05, 0.1) is 6.54 Å². The van der Waals surface area contributed by atoms with Crippen molar-refractivity contribution < 1.29 is 4.79 Å². The van der Waals surface area contributed by atoms with Gasteiger partial charge in [-0.15, -0.1) is 0 Å². The first-order valence-corrected chi connectivity index (χ1v) is 5.49. The van der Waals surface area contributed by atoms with Crippen molar-refractivity contribution in [3.05, 3.63) is 28.2 Å². The summed E-state index contributed by atoms with van der Waals surface area (Å²) in [6, 6.07) is 6.17. The van der Waals surface area contributed by atoms with E-state index in [1.54, 1.807) is 0 Å². The summed E-state index contributed by atoms with van der Waals surface area (Å²) in [6.07, 6.45) is 0.690. The summed E-state index contributed by atoms with van der Waals surface area (Å²) in [5, 5.41) is 0. The van der Waals surface area contributed by atoms with Crippen LogP contribution in [0.1, 0.15) is 12.0 Å². The van der Waals surface area contributed by atoms with Gasteiger partial charge in [0.25, 0.3) is 0 Å². The highest BCUT2D eigenvalue weighted by atomic mass is 79.9. The molecular formula is C11H12BrNO. The Kier molecular flexibility index (Phi) is 2.59. The van der Waals surface area contributed by atoms with Gasteiger partial charge in [0.1, 0.15) is 0 Å². The Hall–Kier alpha value is -0.830. The summed E-state index contributed by atoms with van der Waals surface area (Å²) in [6.45, 7) is 3.51. The highest BCUT2D eigenvalue weighted by Crippen LogP contribution is 2.25. The third-order valence-electron chi connectivity index (χ3n) is 2.53. The third kappa shape index (κ3) is 1.82. The number of aryl methyl sites for hydroxylation is 1. The summed E-state index contributed by atoms with van der Waals surface area (Å²) in [5.41, 5.74) is 2.40. The van der Waals surface area contributed by atoms with Crippen molar-refractivity contribution in [1.29, 1.82) is 0 Å². The molecule has 74 valence electrons. The van der Waals surface area contributed by atoms with E-state index in [-0.39, 0.29) is 0 Å². The SMILES string of the molecule is Cc1cc(Br)ccc1N1CCC(=O)C1. The van der Waals surface area contributed by atoms with E-state index in [4.69, 9.17) is 0 Å². The molecule has 2 rings (SSSR count).